The molecule has 140 valence electrons. The monoisotopic (exact) mass is 366 g/mol. The number of halogens is 4. The number of pyridine rings is 1. The summed E-state index contributed by atoms with van der Waals surface area (Å²) in [6.45, 7) is -1.68. The van der Waals surface area contributed by atoms with Gasteiger partial charge in [-0.05, 0) is 12.5 Å². The molecule has 0 saturated carbocycles. The number of ether oxygens (including phenoxy) is 3. The number of hydrogen-bond donors (Lipinski definition) is 1. The van der Waals surface area contributed by atoms with Gasteiger partial charge in [-0.2, -0.15) is 8.78 Å². The molecule has 6 nitrogen and oxygen atoms in total. The molecule has 0 aromatic carbocycles. The van der Waals surface area contributed by atoms with Crippen LogP contribution in [0.5, 0.6) is 5.88 Å². The molecule has 1 amide bonds. The Kier molecular flexibility index (Phi) is 6.94. The number of nitrogens with zero attached hydrogens (tertiary/aromatic N) is 1. The zero-order chi connectivity index (χ0) is 18.3. The molecule has 0 spiro atoms. The lowest BCUT2D eigenvalue weighted by atomic mass is 10.1. The van der Waals surface area contributed by atoms with Gasteiger partial charge in [0, 0.05) is 18.9 Å². The van der Waals surface area contributed by atoms with Gasteiger partial charge in [-0.25, -0.2) is 13.8 Å². The first-order valence-electron chi connectivity index (χ1n) is 7.57. The maximum Gasteiger partial charge on any atom is 0.330 e. The molecule has 1 aliphatic rings. The Morgan fingerprint density at radius 2 is 2.24 bits per heavy atom. The van der Waals surface area contributed by atoms with Gasteiger partial charge in [0.05, 0.1) is 12.6 Å². The minimum absolute atomic E-state index is 0.214. The molecule has 2 rings (SSSR count). The zero-order valence-electron chi connectivity index (χ0n) is 13.2. The number of aromatic nitrogens is 1. The lowest BCUT2D eigenvalue weighted by molar-refractivity contribution is -0.169. The van der Waals surface area contributed by atoms with Gasteiger partial charge in [0.2, 0.25) is 11.8 Å². The van der Waals surface area contributed by atoms with E-state index in [1.54, 1.807) is 24.4 Å². The summed E-state index contributed by atoms with van der Waals surface area (Å²) < 4.78 is 64.8. The Hall–Kier alpha value is -1.94. The van der Waals surface area contributed by atoms with E-state index in [-0.39, 0.29) is 6.61 Å². The van der Waals surface area contributed by atoms with Crippen LogP contribution in [0.1, 0.15) is 6.42 Å². The largest absolute Gasteiger partial charge is 0.470 e. The predicted octanol–water partition coefficient (Wildman–Crippen LogP) is 1.65. The Bertz CT molecular complexity index is 548. The van der Waals surface area contributed by atoms with E-state index >= 15 is 0 Å². The van der Waals surface area contributed by atoms with Gasteiger partial charge in [-0.15, -0.1) is 0 Å². The van der Waals surface area contributed by atoms with Gasteiger partial charge in [-0.1, -0.05) is 6.07 Å². The van der Waals surface area contributed by atoms with Crippen molar-refractivity contribution in [2.45, 2.75) is 30.9 Å². The summed E-state index contributed by atoms with van der Waals surface area (Å²) in [6.07, 6.45) is -2.38. The quantitative estimate of drug-likeness (QED) is 0.709. The van der Waals surface area contributed by atoms with Crippen LogP contribution in [0, 0.1) is 0 Å². The summed E-state index contributed by atoms with van der Waals surface area (Å²) in [5.74, 6) is -4.64. The number of carbonyl (C=O) groups excluding carboxylic acids is 1. The molecule has 1 aromatic heterocycles. The third-order valence-electron chi connectivity index (χ3n) is 3.41. The second-order valence-corrected chi connectivity index (χ2v) is 5.42. The van der Waals surface area contributed by atoms with Crippen LogP contribution in [0.2, 0.25) is 0 Å². The summed E-state index contributed by atoms with van der Waals surface area (Å²) >= 11 is 0. The minimum atomic E-state index is -4.29. The summed E-state index contributed by atoms with van der Waals surface area (Å²) in [4.78, 5) is 15.8. The molecule has 1 aromatic rings. The molecule has 25 heavy (non-hydrogen) atoms. The first-order chi connectivity index (χ1) is 11.9. The molecule has 2 heterocycles. The molecular weight excluding hydrogens is 348 g/mol. The normalized spacial score (nSPS) is 21.2. The van der Waals surface area contributed by atoms with Gasteiger partial charge in [0.1, 0.15) is 19.3 Å². The van der Waals surface area contributed by atoms with Crippen molar-refractivity contribution in [2.75, 3.05) is 26.4 Å². The highest BCUT2D eigenvalue weighted by Crippen LogP contribution is 2.22. The van der Waals surface area contributed by atoms with E-state index < -0.39 is 43.6 Å². The van der Waals surface area contributed by atoms with E-state index in [0.29, 0.717) is 18.9 Å². The summed E-state index contributed by atoms with van der Waals surface area (Å²) in [5.41, 5.74) is 0. The second kappa shape index (κ2) is 8.95. The van der Waals surface area contributed by atoms with E-state index in [9.17, 15) is 22.4 Å². The first-order valence-corrected chi connectivity index (χ1v) is 7.57. The van der Waals surface area contributed by atoms with E-state index in [0.717, 1.165) is 0 Å². The lowest BCUT2D eigenvalue weighted by Crippen LogP contribution is -2.52. The van der Waals surface area contributed by atoms with Crippen molar-refractivity contribution in [1.82, 2.24) is 10.3 Å². The number of amides is 1. The Morgan fingerprint density at radius 3 is 2.92 bits per heavy atom. The van der Waals surface area contributed by atoms with Crippen molar-refractivity contribution >= 4 is 5.91 Å². The predicted molar refractivity (Wildman–Crippen MR) is 77.8 cm³/mol. The van der Waals surface area contributed by atoms with Crippen molar-refractivity contribution < 1.29 is 36.6 Å². The first kappa shape index (κ1) is 19.4. The summed E-state index contributed by atoms with van der Waals surface area (Å²) in [7, 11) is 0. The fourth-order valence-electron chi connectivity index (χ4n) is 2.16. The second-order valence-electron chi connectivity index (χ2n) is 5.42. The van der Waals surface area contributed by atoms with Crippen LogP contribution in [0.4, 0.5) is 17.6 Å². The molecule has 1 saturated heterocycles. The maximum atomic E-state index is 12.7. The number of rotatable bonds is 8. The molecule has 2 unspecified atom stereocenters. The van der Waals surface area contributed by atoms with Gasteiger partial charge >= 0.3 is 12.3 Å². The highest BCUT2D eigenvalue weighted by molar-refractivity contribution is 5.77. The van der Waals surface area contributed by atoms with Gasteiger partial charge in [0.25, 0.3) is 0 Å². The van der Waals surface area contributed by atoms with Gasteiger partial charge in [-0.3, -0.25) is 4.79 Å². The SMILES string of the molecule is O=C(COCC(F)(F)C(F)F)NC1CCOCC1Oc1ccccn1. The highest BCUT2D eigenvalue weighted by Gasteiger charge is 2.41. The number of nitrogens with one attached hydrogen (secondary N) is 1. The average Bonchev–Trinajstić information content (AvgIpc) is 2.57. The highest BCUT2D eigenvalue weighted by atomic mass is 19.3. The summed E-state index contributed by atoms with van der Waals surface area (Å²) in [6, 6.07) is 4.65. The molecule has 1 aliphatic heterocycles. The topological polar surface area (TPSA) is 69.7 Å². The Morgan fingerprint density at radius 1 is 1.44 bits per heavy atom. The van der Waals surface area contributed by atoms with E-state index in [1.807, 2.05) is 0 Å². The van der Waals surface area contributed by atoms with Crippen LogP contribution in [0.3, 0.4) is 0 Å². The van der Waals surface area contributed by atoms with E-state index in [4.69, 9.17) is 9.47 Å². The third kappa shape index (κ3) is 6.13. The van der Waals surface area contributed by atoms with Crippen molar-refractivity contribution in [3.05, 3.63) is 24.4 Å². The molecule has 0 aliphatic carbocycles. The fraction of sp³-hybridized carbons (Fsp3) is 0.600. The van der Waals surface area contributed by atoms with Crippen LogP contribution in [0.15, 0.2) is 24.4 Å². The molecule has 0 bridgehead atoms. The average molecular weight is 366 g/mol. The van der Waals surface area contributed by atoms with Crippen LogP contribution in [-0.4, -0.2) is 61.8 Å². The van der Waals surface area contributed by atoms with Crippen LogP contribution < -0.4 is 10.1 Å². The molecule has 10 heteroatoms. The van der Waals surface area contributed by atoms with Crippen molar-refractivity contribution in [1.29, 1.82) is 0 Å². The van der Waals surface area contributed by atoms with Crippen LogP contribution >= 0.6 is 0 Å². The number of alkyl halides is 4. The van der Waals surface area contributed by atoms with E-state index in [1.165, 1.54) is 0 Å². The Balaban J connectivity index is 1.81. The van der Waals surface area contributed by atoms with Crippen LogP contribution in [0.25, 0.3) is 0 Å². The number of carbonyl (C=O) groups is 1. The van der Waals surface area contributed by atoms with Gasteiger partial charge < -0.3 is 19.5 Å². The molecule has 0 radical (unpaired) electrons. The smallest absolute Gasteiger partial charge is 0.330 e. The minimum Gasteiger partial charge on any atom is -0.470 e. The third-order valence-corrected chi connectivity index (χ3v) is 3.41. The van der Waals surface area contributed by atoms with Crippen molar-refractivity contribution in [2.24, 2.45) is 0 Å². The summed E-state index contributed by atoms with van der Waals surface area (Å²) in [5, 5.41) is 2.58. The lowest BCUT2D eigenvalue weighted by Gasteiger charge is -2.32. The number of hydrogen-bond acceptors (Lipinski definition) is 5. The standard InChI is InChI=1S/C15H18F4N2O4/c16-14(17)15(18,19)9-24-8-12(22)21-10-4-6-23-7-11(10)25-13-3-1-2-5-20-13/h1-3,5,10-11,14H,4,6-9H2,(H,21,22). The van der Waals surface area contributed by atoms with Gasteiger partial charge in [0.15, 0.2) is 0 Å². The zero-order valence-corrected chi connectivity index (χ0v) is 13.2. The van der Waals surface area contributed by atoms with Crippen molar-refractivity contribution in [3.8, 4) is 5.88 Å². The Labute approximate surface area is 141 Å². The van der Waals surface area contributed by atoms with E-state index in [2.05, 4.69) is 15.0 Å². The fourth-order valence-corrected chi connectivity index (χ4v) is 2.16. The molecule has 1 N–H and O–H groups in total. The van der Waals surface area contributed by atoms with Crippen LogP contribution in [-0.2, 0) is 14.3 Å². The van der Waals surface area contributed by atoms with Crippen molar-refractivity contribution in [3.63, 3.8) is 0 Å². The molecular formula is C15H18F4N2O4. The molecule has 2 atom stereocenters. The molecule has 1 fully saturated rings. The maximum absolute atomic E-state index is 12.7.